The second kappa shape index (κ2) is 8.72. The Hall–Kier alpha value is -2.03. The third-order valence-corrected chi connectivity index (χ3v) is 3.98. The summed E-state index contributed by atoms with van der Waals surface area (Å²) in [5.74, 6) is 1.02. The van der Waals surface area contributed by atoms with E-state index in [0.717, 1.165) is 18.7 Å². The van der Waals surface area contributed by atoms with E-state index in [0.29, 0.717) is 6.61 Å². The topological polar surface area (TPSA) is 12.5 Å². The molecule has 0 aliphatic carbocycles. The molecule has 0 aliphatic rings. The van der Waals surface area contributed by atoms with Gasteiger partial charge in [-0.1, -0.05) is 66.7 Å². The molecule has 24 heavy (non-hydrogen) atoms. The molecule has 126 valence electrons. The van der Waals surface area contributed by atoms with Gasteiger partial charge in [0.2, 0.25) is 0 Å². The van der Waals surface area contributed by atoms with Crippen molar-refractivity contribution in [1.29, 1.82) is 0 Å². The predicted molar refractivity (Wildman–Crippen MR) is 104 cm³/mol. The lowest BCUT2D eigenvalue weighted by Gasteiger charge is -2.16. The normalized spacial score (nSPS) is 10.6. The molecule has 0 aromatic heterocycles. The minimum Gasteiger partial charge on any atom is -0.491 e. The van der Waals surface area contributed by atoms with E-state index in [1.54, 1.807) is 0 Å². The molecule has 0 heterocycles. The minimum atomic E-state index is 0. The maximum atomic E-state index is 6.19. The zero-order valence-corrected chi connectivity index (χ0v) is 15.1. The number of nitrogens with zero attached hydrogens (tertiary/aromatic N) is 1. The van der Waals surface area contributed by atoms with Crippen LogP contribution in [-0.4, -0.2) is 32.1 Å². The maximum absolute atomic E-state index is 6.19. The molecule has 3 rings (SSSR count). The molecular weight excluding hydrogens is 318 g/mol. The zero-order valence-electron chi connectivity index (χ0n) is 14.2. The van der Waals surface area contributed by atoms with Crippen molar-refractivity contribution in [2.45, 2.75) is 6.42 Å². The van der Waals surface area contributed by atoms with Crippen molar-refractivity contribution in [1.82, 2.24) is 4.90 Å². The second-order valence-corrected chi connectivity index (χ2v) is 6.09. The van der Waals surface area contributed by atoms with E-state index in [9.17, 15) is 0 Å². The van der Waals surface area contributed by atoms with Gasteiger partial charge >= 0.3 is 0 Å². The van der Waals surface area contributed by atoms with Gasteiger partial charge in [-0.15, -0.1) is 12.4 Å². The minimum absolute atomic E-state index is 0. The van der Waals surface area contributed by atoms with E-state index in [4.69, 9.17) is 4.74 Å². The molecule has 2 nitrogen and oxygen atoms in total. The summed E-state index contributed by atoms with van der Waals surface area (Å²) in [4.78, 5) is 2.14. The first-order valence-electron chi connectivity index (χ1n) is 8.06. The van der Waals surface area contributed by atoms with Gasteiger partial charge in [-0.05, 0) is 30.6 Å². The highest BCUT2D eigenvalue weighted by molar-refractivity contribution is 5.89. The molecule has 0 N–H and O–H groups in total. The van der Waals surface area contributed by atoms with Crippen LogP contribution in [0.5, 0.6) is 5.75 Å². The van der Waals surface area contributed by atoms with Crippen molar-refractivity contribution in [3.63, 3.8) is 0 Å². The van der Waals surface area contributed by atoms with Gasteiger partial charge in [-0.25, -0.2) is 0 Å². The van der Waals surface area contributed by atoms with Gasteiger partial charge in [0.05, 0.1) is 0 Å². The molecule has 3 aromatic rings. The van der Waals surface area contributed by atoms with Crippen molar-refractivity contribution in [3.8, 4) is 5.75 Å². The van der Waals surface area contributed by atoms with Gasteiger partial charge in [0.15, 0.2) is 0 Å². The number of likely N-dealkylation sites (N-methyl/N-ethyl adjacent to an activating group) is 1. The summed E-state index contributed by atoms with van der Waals surface area (Å²) in [6, 6.07) is 23.4. The van der Waals surface area contributed by atoms with Gasteiger partial charge in [0.25, 0.3) is 0 Å². The Morgan fingerprint density at radius 1 is 0.833 bits per heavy atom. The predicted octanol–water partition coefficient (Wildman–Crippen LogP) is 4.79. The summed E-state index contributed by atoms with van der Waals surface area (Å²) in [6.45, 7) is 1.61. The molecular formula is C21H24ClNO. The summed E-state index contributed by atoms with van der Waals surface area (Å²) in [5, 5.41) is 2.42. The molecule has 0 atom stereocenters. The van der Waals surface area contributed by atoms with Crippen LogP contribution in [0.2, 0.25) is 0 Å². The summed E-state index contributed by atoms with van der Waals surface area (Å²) in [6.07, 6.45) is 0.892. The standard InChI is InChI=1S/C21H23NO.ClH/c1-22(2)14-15-23-21-19(16-17-8-4-3-5-9-17)13-12-18-10-6-7-11-20(18)21;/h3-13H,14-16H2,1-2H3;1H. The van der Waals surface area contributed by atoms with Crippen LogP contribution in [0.15, 0.2) is 66.7 Å². The number of fused-ring (bicyclic) bond motifs is 1. The molecule has 0 saturated carbocycles. The number of rotatable bonds is 6. The molecule has 0 fully saturated rings. The molecule has 3 heteroatoms. The van der Waals surface area contributed by atoms with Crippen LogP contribution in [0.4, 0.5) is 0 Å². The van der Waals surface area contributed by atoms with Crippen LogP contribution in [0.25, 0.3) is 10.8 Å². The summed E-state index contributed by atoms with van der Waals surface area (Å²) < 4.78 is 6.19. The van der Waals surface area contributed by atoms with Crippen molar-refractivity contribution in [3.05, 3.63) is 77.9 Å². The first kappa shape index (κ1) is 18.3. The fourth-order valence-corrected chi connectivity index (χ4v) is 2.74. The van der Waals surface area contributed by atoms with Crippen molar-refractivity contribution >= 4 is 23.2 Å². The number of hydrogen-bond donors (Lipinski definition) is 0. The smallest absolute Gasteiger partial charge is 0.130 e. The van der Waals surface area contributed by atoms with Gasteiger partial charge in [-0.2, -0.15) is 0 Å². The average Bonchev–Trinajstić information content (AvgIpc) is 2.57. The van der Waals surface area contributed by atoms with E-state index in [-0.39, 0.29) is 12.4 Å². The highest BCUT2D eigenvalue weighted by Crippen LogP contribution is 2.31. The largest absolute Gasteiger partial charge is 0.491 e. The maximum Gasteiger partial charge on any atom is 0.130 e. The van der Waals surface area contributed by atoms with Crippen molar-refractivity contribution in [2.75, 3.05) is 27.2 Å². The Balaban J connectivity index is 0.00000208. The lowest BCUT2D eigenvalue weighted by molar-refractivity contribution is 0.262. The highest BCUT2D eigenvalue weighted by Gasteiger charge is 2.10. The summed E-state index contributed by atoms with van der Waals surface area (Å²) in [5.41, 5.74) is 2.55. The number of benzene rings is 3. The van der Waals surface area contributed by atoms with Crippen molar-refractivity contribution < 1.29 is 4.74 Å². The monoisotopic (exact) mass is 341 g/mol. The quantitative estimate of drug-likeness (QED) is 0.639. The molecule has 0 radical (unpaired) electrons. The summed E-state index contributed by atoms with van der Waals surface area (Å²) in [7, 11) is 4.13. The highest BCUT2D eigenvalue weighted by atomic mass is 35.5. The van der Waals surface area contributed by atoms with E-state index in [2.05, 4.69) is 85.7 Å². The van der Waals surface area contributed by atoms with Gasteiger partial charge < -0.3 is 9.64 Å². The zero-order chi connectivity index (χ0) is 16.1. The Kier molecular flexibility index (Phi) is 6.65. The third-order valence-electron chi connectivity index (χ3n) is 3.98. The van der Waals surface area contributed by atoms with Crippen LogP contribution in [0.3, 0.4) is 0 Å². The Morgan fingerprint density at radius 2 is 1.54 bits per heavy atom. The number of halogens is 1. The van der Waals surface area contributed by atoms with Crippen LogP contribution in [0, 0.1) is 0 Å². The first-order chi connectivity index (χ1) is 11.2. The van der Waals surface area contributed by atoms with E-state index >= 15 is 0 Å². The van der Waals surface area contributed by atoms with E-state index in [1.165, 1.54) is 21.9 Å². The Bertz CT molecular complexity index is 771. The van der Waals surface area contributed by atoms with Gasteiger partial charge in [0.1, 0.15) is 12.4 Å². The molecule has 0 saturated heterocycles. The molecule has 0 bridgehead atoms. The number of ether oxygens (including phenoxy) is 1. The Labute approximate surface area is 150 Å². The van der Waals surface area contributed by atoms with Crippen LogP contribution in [-0.2, 0) is 6.42 Å². The van der Waals surface area contributed by atoms with Crippen LogP contribution >= 0.6 is 12.4 Å². The second-order valence-electron chi connectivity index (χ2n) is 6.09. The molecule has 0 spiro atoms. The van der Waals surface area contributed by atoms with Crippen LogP contribution < -0.4 is 4.74 Å². The lowest BCUT2D eigenvalue weighted by Crippen LogP contribution is -2.19. The first-order valence-corrected chi connectivity index (χ1v) is 8.06. The van der Waals surface area contributed by atoms with E-state index < -0.39 is 0 Å². The third kappa shape index (κ3) is 4.50. The summed E-state index contributed by atoms with van der Waals surface area (Å²) >= 11 is 0. The van der Waals surface area contributed by atoms with E-state index in [1.807, 2.05) is 0 Å². The van der Waals surface area contributed by atoms with Gasteiger partial charge in [0, 0.05) is 18.4 Å². The van der Waals surface area contributed by atoms with Crippen LogP contribution in [0.1, 0.15) is 11.1 Å². The SMILES string of the molecule is CN(C)CCOc1c(Cc2ccccc2)ccc2ccccc12.Cl. The molecule has 0 aliphatic heterocycles. The average molecular weight is 342 g/mol. The number of hydrogen-bond acceptors (Lipinski definition) is 2. The molecule has 3 aromatic carbocycles. The fraction of sp³-hybridized carbons (Fsp3) is 0.238. The molecule has 0 unspecified atom stereocenters. The Morgan fingerprint density at radius 3 is 2.29 bits per heavy atom. The van der Waals surface area contributed by atoms with Crippen molar-refractivity contribution in [2.24, 2.45) is 0 Å². The lowest BCUT2D eigenvalue weighted by atomic mass is 9.99. The fourth-order valence-electron chi connectivity index (χ4n) is 2.74. The van der Waals surface area contributed by atoms with Gasteiger partial charge in [-0.3, -0.25) is 0 Å². The molecule has 0 amide bonds.